The Labute approximate surface area is 262 Å². The molecule has 13 heteroatoms. The van der Waals surface area contributed by atoms with Crippen molar-refractivity contribution in [1.29, 1.82) is 0 Å². The van der Waals surface area contributed by atoms with Crippen molar-refractivity contribution in [2.45, 2.75) is 32.4 Å². The summed E-state index contributed by atoms with van der Waals surface area (Å²) in [4.78, 5) is 39.9. The van der Waals surface area contributed by atoms with Crippen LogP contribution in [0.4, 0.5) is 11.4 Å². The molecule has 1 aliphatic rings. The van der Waals surface area contributed by atoms with E-state index in [4.69, 9.17) is 39.5 Å². The number of halogens is 3. The molecule has 5 rings (SSSR count). The van der Waals surface area contributed by atoms with Gasteiger partial charge in [0.25, 0.3) is 17.7 Å². The van der Waals surface area contributed by atoms with Crippen molar-refractivity contribution in [3.05, 3.63) is 105 Å². The summed E-state index contributed by atoms with van der Waals surface area (Å²) >= 11 is 18.8. The van der Waals surface area contributed by atoms with Gasteiger partial charge in [-0.1, -0.05) is 65.5 Å². The van der Waals surface area contributed by atoms with Crippen molar-refractivity contribution in [1.82, 2.24) is 15.1 Å². The average molecular weight is 640 g/mol. The first kappa shape index (κ1) is 30.1. The smallest absolute Gasteiger partial charge is 0.280 e. The van der Waals surface area contributed by atoms with Gasteiger partial charge in [-0.05, 0) is 61.9 Å². The first-order valence-electron chi connectivity index (χ1n) is 13.2. The maximum Gasteiger partial charge on any atom is 0.280 e. The molecule has 2 atom stereocenters. The Balaban J connectivity index is 1.35. The van der Waals surface area contributed by atoms with E-state index in [1.54, 1.807) is 42.6 Å². The average Bonchev–Trinajstić information content (AvgIpc) is 3.60. The minimum atomic E-state index is -1.10. The van der Waals surface area contributed by atoms with Crippen molar-refractivity contribution >= 4 is 69.7 Å². The van der Waals surface area contributed by atoms with E-state index in [9.17, 15) is 14.4 Å². The predicted molar refractivity (Wildman–Crippen MR) is 166 cm³/mol. The van der Waals surface area contributed by atoms with Gasteiger partial charge in [-0.3, -0.25) is 19.1 Å². The quantitative estimate of drug-likeness (QED) is 0.235. The molecule has 4 aromatic rings. The number of amides is 3. The molecule has 10 nitrogen and oxygen atoms in total. The van der Waals surface area contributed by atoms with E-state index in [1.165, 1.54) is 29.1 Å². The Morgan fingerprint density at radius 3 is 2.37 bits per heavy atom. The number of carbonyl (C=O) groups excluding carboxylic acids is 3. The molecule has 220 valence electrons. The Kier molecular flexibility index (Phi) is 9.00. The number of aryl methyl sites for hydroxylation is 1. The zero-order valence-corrected chi connectivity index (χ0v) is 25.2. The molecule has 0 saturated heterocycles. The largest absolute Gasteiger partial charge is 0.481 e. The third kappa shape index (κ3) is 6.67. The second-order valence-electron chi connectivity index (χ2n) is 9.59. The number of ether oxygens (including phenoxy) is 1. The van der Waals surface area contributed by atoms with E-state index in [1.807, 2.05) is 26.0 Å². The van der Waals surface area contributed by atoms with Gasteiger partial charge in [0, 0.05) is 28.7 Å². The van der Waals surface area contributed by atoms with E-state index < -0.39 is 24.0 Å². The Hall–Kier alpha value is -4.38. The number of hydrogen-bond donors (Lipinski definition) is 2. The molecule has 2 heterocycles. The summed E-state index contributed by atoms with van der Waals surface area (Å²) in [6, 6.07) is 17.2. The van der Waals surface area contributed by atoms with Gasteiger partial charge in [0.2, 0.25) is 0 Å². The number of nitrogens with one attached hydrogen (secondary N) is 2. The first-order chi connectivity index (χ1) is 20.6. The number of carbonyl (C=O) groups is 3. The van der Waals surface area contributed by atoms with Crippen LogP contribution in [0.15, 0.2) is 84.2 Å². The third-order valence-electron chi connectivity index (χ3n) is 6.49. The van der Waals surface area contributed by atoms with Crippen LogP contribution < -0.4 is 20.4 Å². The molecule has 2 N–H and O–H groups in total. The fourth-order valence-electron chi connectivity index (χ4n) is 4.36. The van der Waals surface area contributed by atoms with E-state index >= 15 is 0 Å². The first-order valence-corrected chi connectivity index (χ1v) is 14.3. The van der Waals surface area contributed by atoms with Crippen molar-refractivity contribution in [2.75, 3.05) is 10.3 Å². The maximum absolute atomic E-state index is 13.5. The molecule has 0 aliphatic carbocycles. The maximum atomic E-state index is 13.5. The van der Waals surface area contributed by atoms with Crippen LogP contribution in [0.5, 0.6) is 5.75 Å². The van der Waals surface area contributed by atoms with Crippen LogP contribution in [0.25, 0.3) is 0 Å². The number of nitrogens with zero attached hydrogens (tertiary/aromatic N) is 4. The minimum absolute atomic E-state index is 0.00670. The lowest BCUT2D eigenvalue weighted by Crippen LogP contribution is -2.38. The highest BCUT2D eigenvalue weighted by molar-refractivity contribution is 6.43. The Morgan fingerprint density at radius 1 is 1.00 bits per heavy atom. The summed E-state index contributed by atoms with van der Waals surface area (Å²) in [6.45, 7) is 3.81. The number of benzene rings is 3. The van der Waals surface area contributed by atoms with Gasteiger partial charge >= 0.3 is 0 Å². The van der Waals surface area contributed by atoms with Crippen LogP contribution in [-0.2, 0) is 9.59 Å². The molecule has 2 unspecified atom stereocenters. The predicted octanol–water partition coefficient (Wildman–Crippen LogP) is 6.28. The van der Waals surface area contributed by atoms with E-state index in [-0.39, 0.29) is 38.1 Å². The number of hydrogen-bond acceptors (Lipinski definition) is 6. The van der Waals surface area contributed by atoms with Crippen molar-refractivity contribution in [2.24, 2.45) is 5.10 Å². The Morgan fingerprint density at radius 2 is 1.72 bits per heavy atom. The summed E-state index contributed by atoms with van der Waals surface area (Å²) in [6.07, 6.45) is 2.75. The highest BCUT2D eigenvalue weighted by Gasteiger charge is 2.41. The topological polar surface area (TPSA) is 118 Å². The van der Waals surface area contributed by atoms with Crippen LogP contribution in [0.3, 0.4) is 0 Å². The lowest BCUT2D eigenvalue weighted by Gasteiger charge is -2.18. The minimum Gasteiger partial charge on any atom is -0.481 e. The van der Waals surface area contributed by atoms with Gasteiger partial charge in [-0.15, -0.1) is 5.10 Å². The van der Waals surface area contributed by atoms with Crippen LogP contribution in [-0.4, -0.2) is 39.4 Å². The molecule has 3 aromatic carbocycles. The fourth-order valence-corrected chi connectivity index (χ4v) is 5.34. The monoisotopic (exact) mass is 638 g/mol. The fraction of sp³-hybridized carbons (Fsp3) is 0.167. The van der Waals surface area contributed by atoms with Gasteiger partial charge in [0.1, 0.15) is 11.4 Å². The van der Waals surface area contributed by atoms with Crippen LogP contribution >= 0.6 is 34.8 Å². The third-order valence-corrected chi connectivity index (χ3v) is 7.28. The zero-order valence-electron chi connectivity index (χ0n) is 22.9. The molecule has 0 radical (unpaired) electrons. The van der Waals surface area contributed by atoms with Gasteiger partial charge < -0.3 is 15.4 Å². The standard InChI is InChI=1S/C30H25Cl3N6O4/c1-3-24(43-21-10-8-17(2)9-11-21)29(41)35-20-7-4-6-18(14-20)28(40)36-27-26(38-13-5-12-34-38)30(42)39(37-27)25-22(32)15-19(31)16-23(25)33/h4-16,24,26H,3H2,1-2H3,(H,35,41)(H,36,37,40). The molecular formula is C30H25Cl3N6O4. The van der Waals surface area contributed by atoms with Crippen LogP contribution in [0.1, 0.15) is 35.3 Å². The van der Waals surface area contributed by atoms with E-state index in [2.05, 4.69) is 20.8 Å². The molecule has 0 spiro atoms. The number of amidine groups is 1. The number of rotatable bonds is 8. The number of anilines is 2. The van der Waals surface area contributed by atoms with Crippen LogP contribution in [0.2, 0.25) is 15.1 Å². The van der Waals surface area contributed by atoms with Gasteiger partial charge in [-0.25, -0.2) is 0 Å². The molecule has 0 saturated carbocycles. The van der Waals surface area contributed by atoms with Crippen molar-refractivity contribution < 1.29 is 19.1 Å². The second kappa shape index (κ2) is 12.9. The van der Waals surface area contributed by atoms with Gasteiger partial charge in [-0.2, -0.15) is 10.1 Å². The summed E-state index contributed by atoms with van der Waals surface area (Å²) in [5, 5.41) is 15.5. The summed E-state index contributed by atoms with van der Waals surface area (Å²) in [5.41, 5.74) is 1.79. The lowest BCUT2D eigenvalue weighted by molar-refractivity contribution is -0.123. The normalized spacial score (nSPS) is 15.2. The SMILES string of the molecule is CCC(Oc1ccc(C)cc1)C(=O)Nc1cccc(C(=O)NC2=NN(c3c(Cl)cc(Cl)cc3Cl)C(=O)C2n2cccn2)c1. The van der Waals surface area contributed by atoms with Crippen molar-refractivity contribution in [3.8, 4) is 5.75 Å². The zero-order chi connectivity index (χ0) is 30.7. The van der Waals surface area contributed by atoms with Gasteiger partial charge in [0.05, 0.1) is 10.0 Å². The number of hydrazone groups is 1. The molecule has 0 fully saturated rings. The lowest BCUT2D eigenvalue weighted by atomic mass is 10.1. The van der Waals surface area contributed by atoms with Crippen LogP contribution in [0, 0.1) is 6.92 Å². The summed E-state index contributed by atoms with van der Waals surface area (Å²) < 4.78 is 7.22. The summed E-state index contributed by atoms with van der Waals surface area (Å²) in [5.74, 6) is -0.914. The van der Waals surface area contributed by atoms with E-state index in [0.717, 1.165) is 10.6 Å². The molecule has 0 bridgehead atoms. The van der Waals surface area contributed by atoms with Gasteiger partial charge in [0.15, 0.2) is 18.0 Å². The summed E-state index contributed by atoms with van der Waals surface area (Å²) in [7, 11) is 0. The molecular weight excluding hydrogens is 615 g/mol. The molecule has 3 amide bonds. The van der Waals surface area contributed by atoms with E-state index in [0.29, 0.717) is 17.9 Å². The number of aromatic nitrogens is 2. The molecule has 43 heavy (non-hydrogen) atoms. The Bertz CT molecular complexity index is 1690. The van der Waals surface area contributed by atoms with Crippen molar-refractivity contribution in [3.63, 3.8) is 0 Å². The highest BCUT2D eigenvalue weighted by Crippen LogP contribution is 2.39. The second-order valence-corrected chi connectivity index (χ2v) is 10.8. The molecule has 1 aromatic heterocycles. The highest BCUT2D eigenvalue weighted by atomic mass is 35.5. The molecule has 1 aliphatic heterocycles.